The van der Waals surface area contributed by atoms with E-state index in [-0.39, 0.29) is 5.54 Å². The minimum atomic E-state index is 0.142. The second-order valence-corrected chi connectivity index (χ2v) is 5.75. The third-order valence-electron chi connectivity index (χ3n) is 3.82. The van der Waals surface area contributed by atoms with Crippen molar-refractivity contribution >= 4 is 0 Å². The average Bonchev–Trinajstić information content (AvgIpc) is 2.28. The SMILES string of the molecule is CCOC1CC(CN)(N(CCOC)CC(C)C)C1. The van der Waals surface area contributed by atoms with Crippen LogP contribution in [0, 0.1) is 5.92 Å². The summed E-state index contributed by atoms with van der Waals surface area (Å²) in [7, 11) is 1.76. The number of nitrogens with zero attached hydrogens (tertiary/aromatic N) is 1. The van der Waals surface area contributed by atoms with Crippen LogP contribution >= 0.6 is 0 Å². The molecule has 0 radical (unpaired) electrons. The first-order valence-corrected chi connectivity index (χ1v) is 7.13. The second kappa shape index (κ2) is 7.43. The van der Waals surface area contributed by atoms with Crippen LogP contribution in [0.1, 0.15) is 33.6 Å². The van der Waals surface area contributed by atoms with E-state index in [0.717, 1.165) is 39.1 Å². The Labute approximate surface area is 112 Å². The number of hydrogen-bond acceptors (Lipinski definition) is 4. The molecule has 0 saturated heterocycles. The van der Waals surface area contributed by atoms with Gasteiger partial charge >= 0.3 is 0 Å². The van der Waals surface area contributed by atoms with Gasteiger partial charge in [0.1, 0.15) is 0 Å². The summed E-state index contributed by atoms with van der Waals surface area (Å²) in [5.74, 6) is 0.649. The van der Waals surface area contributed by atoms with Crippen LogP contribution < -0.4 is 5.73 Å². The third kappa shape index (κ3) is 3.92. The van der Waals surface area contributed by atoms with Crippen molar-refractivity contribution in [1.82, 2.24) is 4.90 Å². The molecule has 18 heavy (non-hydrogen) atoms. The van der Waals surface area contributed by atoms with Crippen LogP contribution in [0.3, 0.4) is 0 Å². The fraction of sp³-hybridized carbons (Fsp3) is 1.00. The van der Waals surface area contributed by atoms with Gasteiger partial charge in [0.25, 0.3) is 0 Å². The monoisotopic (exact) mass is 258 g/mol. The minimum absolute atomic E-state index is 0.142. The van der Waals surface area contributed by atoms with E-state index in [4.69, 9.17) is 15.2 Å². The van der Waals surface area contributed by atoms with Crippen LogP contribution in [0.2, 0.25) is 0 Å². The van der Waals surface area contributed by atoms with E-state index in [1.165, 1.54) is 0 Å². The van der Waals surface area contributed by atoms with Crippen LogP contribution in [0.5, 0.6) is 0 Å². The summed E-state index contributed by atoms with van der Waals surface area (Å²) in [6.07, 6.45) is 2.53. The third-order valence-corrected chi connectivity index (χ3v) is 3.82. The molecule has 0 amide bonds. The summed E-state index contributed by atoms with van der Waals surface area (Å²) in [6.45, 7) is 10.9. The van der Waals surface area contributed by atoms with Crippen LogP contribution in [0.25, 0.3) is 0 Å². The van der Waals surface area contributed by atoms with Crippen molar-refractivity contribution in [3.63, 3.8) is 0 Å². The number of rotatable bonds is 9. The number of ether oxygens (including phenoxy) is 2. The predicted octanol–water partition coefficient (Wildman–Crippen LogP) is 1.49. The van der Waals surface area contributed by atoms with Gasteiger partial charge in [-0.25, -0.2) is 0 Å². The molecule has 1 aliphatic rings. The first-order valence-electron chi connectivity index (χ1n) is 7.13. The summed E-state index contributed by atoms with van der Waals surface area (Å²) in [6, 6.07) is 0. The summed E-state index contributed by atoms with van der Waals surface area (Å²) in [5, 5.41) is 0. The summed E-state index contributed by atoms with van der Waals surface area (Å²) in [4.78, 5) is 2.51. The van der Waals surface area contributed by atoms with E-state index in [0.29, 0.717) is 18.6 Å². The molecule has 0 bridgehead atoms. The Morgan fingerprint density at radius 1 is 1.39 bits per heavy atom. The Balaban J connectivity index is 2.57. The highest BCUT2D eigenvalue weighted by atomic mass is 16.5. The molecule has 2 N–H and O–H groups in total. The van der Waals surface area contributed by atoms with Gasteiger partial charge in [0.05, 0.1) is 12.7 Å². The van der Waals surface area contributed by atoms with E-state index in [1.54, 1.807) is 7.11 Å². The van der Waals surface area contributed by atoms with E-state index < -0.39 is 0 Å². The molecular weight excluding hydrogens is 228 g/mol. The van der Waals surface area contributed by atoms with Crippen molar-refractivity contribution < 1.29 is 9.47 Å². The Kier molecular flexibility index (Phi) is 6.57. The van der Waals surface area contributed by atoms with Gasteiger partial charge < -0.3 is 15.2 Å². The van der Waals surface area contributed by atoms with Gasteiger partial charge in [-0.1, -0.05) is 13.8 Å². The Hall–Kier alpha value is -0.160. The fourth-order valence-corrected chi connectivity index (χ4v) is 2.86. The molecule has 0 spiro atoms. The molecule has 0 atom stereocenters. The standard InChI is InChI=1S/C14H30N2O2/c1-5-18-13-8-14(9-13,11-15)16(6-7-17-4)10-12(2)3/h12-13H,5-11,15H2,1-4H3. The maximum atomic E-state index is 6.04. The first kappa shape index (κ1) is 15.9. The lowest BCUT2D eigenvalue weighted by atomic mass is 9.72. The topological polar surface area (TPSA) is 47.7 Å². The Bertz CT molecular complexity index is 228. The molecule has 4 heteroatoms. The quantitative estimate of drug-likeness (QED) is 0.680. The zero-order valence-corrected chi connectivity index (χ0v) is 12.4. The van der Waals surface area contributed by atoms with Crippen molar-refractivity contribution in [2.24, 2.45) is 11.7 Å². The molecule has 1 aliphatic carbocycles. The smallest absolute Gasteiger partial charge is 0.0611 e. The normalized spacial score (nSPS) is 27.8. The highest BCUT2D eigenvalue weighted by Gasteiger charge is 2.47. The lowest BCUT2D eigenvalue weighted by Gasteiger charge is -2.54. The summed E-state index contributed by atoms with van der Waals surface area (Å²) < 4.78 is 10.9. The number of hydrogen-bond donors (Lipinski definition) is 1. The molecular formula is C14H30N2O2. The molecule has 0 aliphatic heterocycles. The van der Waals surface area contributed by atoms with Gasteiger partial charge in [-0.05, 0) is 25.7 Å². The molecule has 1 fully saturated rings. The Morgan fingerprint density at radius 3 is 2.50 bits per heavy atom. The molecule has 108 valence electrons. The van der Waals surface area contributed by atoms with Crippen molar-refractivity contribution in [2.45, 2.75) is 45.3 Å². The van der Waals surface area contributed by atoms with Gasteiger partial charge in [-0.15, -0.1) is 0 Å². The van der Waals surface area contributed by atoms with E-state index in [1.807, 2.05) is 0 Å². The van der Waals surface area contributed by atoms with E-state index in [9.17, 15) is 0 Å². The largest absolute Gasteiger partial charge is 0.383 e. The van der Waals surface area contributed by atoms with Crippen LogP contribution in [0.4, 0.5) is 0 Å². The van der Waals surface area contributed by atoms with Crippen LogP contribution in [-0.2, 0) is 9.47 Å². The molecule has 4 nitrogen and oxygen atoms in total. The van der Waals surface area contributed by atoms with Crippen LogP contribution in [0.15, 0.2) is 0 Å². The average molecular weight is 258 g/mol. The van der Waals surface area contributed by atoms with Crippen LogP contribution in [-0.4, -0.2) is 56.5 Å². The van der Waals surface area contributed by atoms with Crippen molar-refractivity contribution in [1.29, 1.82) is 0 Å². The highest BCUT2D eigenvalue weighted by molar-refractivity contribution is 5.04. The molecule has 0 heterocycles. The lowest BCUT2D eigenvalue weighted by molar-refractivity contribution is -0.106. The van der Waals surface area contributed by atoms with Gasteiger partial charge in [-0.2, -0.15) is 0 Å². The molecule has 0 aromatic rings. The van der Waals surface area contributed by atoms with Gasteiger partial charge in [-0.3, -0.25) is 4.90 Å². The summed E-state index contributed by atoms with van der Waals surface area (Å²) in [5.41, 5.74) is 6.18. The van der Waals surface area contributed by atoms with Crippen molar-refractivity contribution in [3.8, 4) is 0 Å². The lowest BCUT2D eigenvalue weighted by Crippen LogP contribution is -2.65. The maximum Gasteiger partial charge on any atom is 0.0611 e. The van der Waals surface area contributed by atoms with Crippen molar-refractivity contribution in [2.75, 3.05) is 40.0 Å². The fourth-order valence-electron chi connectivity index (χ4n) is 2.86. The highest BCUT2D eigenvalue weighted by Crippen LogP contribution is 2.39. The molecule has 0 unspecified atom stereocenters. The summed E-state index contributed by atoms with van der Waals surface area (Å²) >= 11 is 0. The molecule has 1 saturated carbocycles. The van der Waals surface area contributed by atoms with Gasteiger partial charge in [0.2, 0.25) is 0 Å². The molecule has 0 aromatic carbocycles. The number of methoxy groups -OCH3 is 1. The zero-order valence-electron chi connectivity index (χ0n) is 12.4. The molecule has 0 aromatic heterocycles. The minimum Gasteiger partial charge on any atom is -0.383 e. The zero-order chi connectivity index (χ0) is 13.6. The maximum absolute atomic E-state index is 6.04. The van der Waals surface area contributed by atoms with Gasteiger partial charge in [0.15, 0.2) is 0 Å². The van der Waals surface area contributed by atoms with Gasteiger partial charge in [0, 0.05) is 38.9 Å². The second-order valence-electron chi connectivity index (χ2n) is 5.75. The Morgan fingerprint density at radius 2 is 2.06 bits per heavy atom. The first-order chi connectivity index (χ1) is 8.57. The van der Waals surface area contributed by atoms with Crippen molar-refractivity contribution in [3.05, 3.63) is 0 Å². The number of nitrogens with two attached hydrogens (primary N) is 1. The predicted molar refractivity (Wildman–Crippen MR) is 74.7 cm³/mol. The van der Waals surface area contributed by atoms with E-state index >= 15 is 0 Å². The molecule has 1 rings (SSSR count). The van der Waals surface area contributed by atoms with E-state index in [2.05, 4.69) is 25.7 Å².